The summed E-state index contributed by atoms with van der Waals surface area (Å²) >= 11 is 6.49. The molecule has 7 heteroatoms. The predicted octanol–water partition coefficient (Wildman–Crippen LogP) is 2.55. The lowest BCUT2D eigenvalue weighted by atomic mass is 10.2. The first-order valence-electron chi connectivity index (χ1n) is 3.85. The second-order valence-electron chi connectivity index (χ2n) is 2.73. The summed E-state index contributed by atoms with van der Waals surface area (Å²) < 4.78 is 6.32. The largest absolute Gasteiger partial charge is 0.506 e. The zero-order valence-corrected chi connectivity index (χ0v) is 10.4. The SMILES string of the molecule is Nc1nnc(-c2cc(Br)cc(Br)c2O)o1. The number of rotatable bonds is 1. The fourth-order valence-corrected chi connectivity index (χ4v) is 2.30. The Morgan fingerprint density at radius 3 is 2.60 bits per heavy atom. The molecule has 0 aliphatic heterocycles. The van der Waals surface area contributed by atoms with Crippen LogP contribution in [0, 0.1) is 0 Å². The van der Waals surface area contributed by atoms with E-state index in [0.717, 1.165) is 4.47 Å². The number of halogens is 2. The first-order chi connectivity index (χ1) is 7.08. The van der Waals surface area contributed by atoms with E-state index in [9.17, 15) is 5.11 Å². The smallest absolute Gasteiger partial charge is 0.313 e. The van der Waals surface area contributed by atoms with Gasteiger partial charge in [0.05, 0.1) is 10.0 Å². The van der Waals surface area contributed by atoms with E-state index in [-0.39, 0.29) is 17.7 Å². The van der Waals surface area contributed by atoms with Gasteiger partial charge in [-0.1, -0.05) is 21.0 Å². The summed E-state index contributed by atoms with van der Waals surface area (Å²) in [7, 11) is 0. The van der Waals surface area contributed by atoms with Gasteiger partial charge in [0, 0.05) is 4.47 Å². The third-order valence-electron chi connectivity index (χ3n) is 1.70. The summed E-state index contributed by atoms with van der Waals surface area (Å²) in [6.45, 7) is 0. The molecule has 0 amide bonds. The lowest BCUT2D eigenvalue weighted by Crippen LogP contribution is -1.81. The minimum absolute atomic E-state index is 0.0295. The molecule has 0 radical (unpaired) electrons. The molecule has 0 bridgehead atoms. The van der Waals surface area contributed by atoms with Crippen LogP contribution in [0.3, 0.4) is 0 Å². The molecule has 1 aromatic heterocycles. The molecule has 0 fully saturated rings. The number of nitrogens with zero attached hydrogens (tertiary/aromatic N) is 2. The summed E-state index contributed by atoms with van der Waals surface area (Å²) in [6.07, 6.45) is 0. The number of phenolic OH excluding ortho intramolecular Hbond substituents is 1. The average Bonchev–Trinajstić information content (AvgIpc) is 2.58. The van der Waals surface area contributed by atoms with Gasteiger partial charge in [-0.2, -0.15) is 0 Å². The van der Waals surface area contributed by atoms with Crippen LogP contribution in [0.25, 0.3) is 11.5 Å². The maximum Gasteiger partial charge on any atom is 0.313 e. The first kappa shape index (κ1) is 10.4. The van der Waals surface area contributed by atoms with E-state index in [1.165, 1.54) is 0 Å². The van der Waals surface area contributed by atoms with Crippen LogP contribution in [0.5, 0.6) is 5.75 Å². The number of aromatic hydroxyl groups is 1. The maximum absolute atomic E-state index is 9.75. The molecule has 0 unspecified atom stereocenters. The second kappa shape index (κ2) is 3.82. The van der Waals surface area contributed by atoms with Crippen LogP contribution in [0.2, 0.25) is 0 Å². The minimum atomic E-state index is -0.0412. The zero-order chi connectivity index (χ0) is 11.0. The monoisotopic (exact) mass is 333 g/mol. The standard InChI is InChI=1S/C8H5Br2N3O2/c9-3-1-4(6(14)5(10)2-3)7-12-13-8(11)15-7/h1-2,14H,(H2,11,13). The van der Waals surface area contributed by atoms with Gasteiger partial charge in [-0.3, -0.25) is 0 Å². The second-order valence-corrected chi connectivity index (χ2v) is 4.50. The van der Waals surface area contributed by atoms with Crippen molar-refractivity contribution >= 4 is 37.9 Å². The van der Waals surface area contributed by atoms with Crippen molar-refractivity contribution in [3.8, 4) is 17.2 Å². The number of hydrogen-bond acceptors (Lipinski definition) is 5. The van der Waals surface area contributed by atoms with Crippen molar-refractivity contribution in [1.82, 2.24) is 10.2 Å². The average molecular weight is 335 g/mol. The van der Waals surface area contributed by atoms with Crippen LogP contribution < -0.4 is 5.73 Å². The van der Waals surface area contributed by atoms with Gasteiger partial charge in [-0.25, -0.2) is 0 Å². The van der Waals surface area contributed by atoms with Crippen LogP contribution in [0.4, 0.5) is 6.01 Å². The third-order valence-corrected chi connectivity index (χ3v) is 2.76. The van der Waals surface area contributed by atoms with Crippen molar-refractivity contribution in [3.63, 3.8) is 0 Å². The molecule has 0 atom stereocenters. The van der Waals surface area contributed by atoms with E-state index in [2.05, 4.69) is 42.1 Å². The van der Waals surface area contributed by atoms with Gasteiger partial charge in [0.25, 0.3) is 5.89 Å². The molecule has 3 N–H and O–H groups in total. The number of hydrogen-bond donors (Lipinski definition) is 2. The summed E-state index contributed by atoms with van der Waals surface area (Å²) in [5, 5.41) is 16.9. The summed E-state index contributed by atoms with van der Waals surface area (Å²) in [6, 6.07) is 3.33. The normalized spacial score (nSPS) is 10.5. The van der Waals surface area contributed by atoms with E-state index in [1.54, 1.807) is 12.1 Å². The van der Waals surface area contributed by atoms with Crippen molar-refractivity contribution in [2.24, 2.45) is 0 Å². The van der Waals surface area contributed by atoms with Gasteiger partial charge < -0.3 is 15.3 Å². The molecule has 78 valence electrons. The van der Waals surface area contributed by atoms with E-state index in [0.29, 0.717) is 10.0 Å². The van der Waals surface area contributed by atoms with Crippen molar-refractivity contribution in [1.29, 1.82) is 0 Å². The van der Waals surface area contributed by atoms with Gasteiger partial charge in [0.1, 0.15) is 5.75 Å². The van der Waals surface area contributed by atoms with Gasteiger partial charge in [0.2, 0.25) is 0 Å². The van der Waals surface area contributed by atoms with Crippen LogP contribution in [-0.2, 0) is 0 Å². The zero-order valence-electron chi connectivity index (χ0n) is 7.24. The fourth-order valence-electron chi connectivity index (χ4n) is 1.07. The van der Waals surface area contributed by atoms with Crippen molar-refractivity contribution in [3.05, 3.63) is 21.1 Å². The van der Waals surface area contributed by atoms with E-state index in [1.807, 2.05) is 0 Å². The van der Waals surface area contributed by atoms with Gasteiger partial charge in [0.15, 0.2) is 0 Å². The maximum atomic E-state index is 9.75. The van der Waals surface area contributed by atoms with Crippen LogP contribution in [0.15, 0.2) is 25.5 Å². The third kappa shape index (κ3) is 1.98. The Hall–Kier alpha value is -1.08. The number of aromatic nitrogens is 2. The van der Waals surface area contributed by atoms with E-state index >= 15 is 0 Å². The number of benzene rings is 1. The molecular weight excluding hydrogens is 330 g/mol. The molecule has 0 saturated heterocycles. The number of nitrogen functional groups attached to an aromatic ring is 1. The highest BCUT2D eigenvalue weighted by atomic mass is 79.9. The summed E-state index contributed by atoms with van der Waals surface area (Å²) in [5.41, 5.74) is 5.71. The van der Waals surface area contributed by atoms with Crippen LogP contribution in [0.1, 0.15) is 0 Å². The lowest BCUT2D eigenvalue weighted by molar-refractivity contribution is 0.470. The minimum Gasteiger partial charge on any atom is -0.506 e. The van der Waals surface area contributed by atoms with Crippen molar-refractivity contribution in [2.75, 3.05) is 5.73 Å². The highest BCUT2D eigenvalue weighted by molar-refractivity contribution is 9.11. The van der Waals surface area contributed by atoms with Crippen LogP contribution >= 0.6 is 31.9 Å². The topological polar surface area (TPSA) is 85.2 Å². The number of nitrogens with two attached hydrogens (primary N) is 1. The quantitative estimate of drug-likeness (QED) is 0.837. The van der Waals surface area contributed by atoms with Crippen LogP contribution in [-0.4, -0.2) is 15.3 Å². The highest BCUT2D eigenvalue weighted by Crippen LogP contribution is 2.37. The number of phenols is 1. The summed E-state index contributed by atoms with van der Waals surface area (Å²) in [4.78, 5) is 0. The Bertz CT molecular complexity index is 513. The molecule has 1 aromatic carbocycles. The molecule has 0 saturated carbocycles. The lowest BCUT2D eigenvalue weighted by Gasteiger charge is -2.02. The highest BCUT2D eigenvalue weighted by Gasteiger charge is 2.14. The molecule has 15 heavy (non-hydrogen) atoms. The van der Waals surface area contributed by atoms with Gasteiger partial charge in [-0.15, -0.1) is 5.10 Å². The van der Waals surface area contributed by atoms with Crippen molar-refractivity contribution in [2.45, 2.75) is 0 Å². The molecule has 0 spiro atoms. The Balaban J connectivity index is 2.62. The Morgan fingerprint density at radius 1 is 1.27 bits per heavy atom. The van der Waals surface area contributed by atoms with Gasteiger partial charge in [-0.05, 0) is 28.1 Å². The molecule has 0 aliphatic carbocycles. The summed E-state index contributed by atoms with van der Waals surface area (Å²) in [5.74, 6) is 0.203. The van der Waals surface area contributed by atoms with E-state index < -0.39 is 0 Å². The van der Waals surface area contributed by atoms with Gasteiger partial charge >= 0.3 is 6.01 Å². The Labute approximate surface area is 102 Å². The molecule has 0 aliphatic rings. The molecule has 2 aromatic rings. The Morgan fingerprint density at radius 2 is 2.00 bits per heavy atom. The predicted molar refractivity (Wildman–Crippen MR) is 61.2 cm³/mol. The van der Waals surface area contributed by atoms with Crippen molar-refractivity contribution < 1.29 is 9.52 Å². The first-order valence-corrected chi connectivity index (χ1v) is 5.44. The van der Waals surface area contributed by atoms with E-state index in [4.69, 9.17) is 10.2 Å². The fraction of sp³-hybridized carbons (Fsp3) is 0. The molecular formula is C8H5Br2N3O2. The molecule has 2 rings (SSSR count). The molecule has 1 heterocycles. The molecule has 5 nitrogen and oxygen atoms in total. The number of anilines is 1. The Kier molecular flexibility index (Phi) is 2.66.